The lowest BCUT2D eigenvalue weighted by molar-refractivity contribution is -0.144. The molecule has 1 amide bonds. The van der Waals surface area contributed by atoms with Gasteiger partial charge in [0.1, 0.15) is 5.75 Å². The van der Waals surface area contributed by atoms with Crippen molar-refractivity contribution in [2.75, 3.05) is 34.5 Å². The van der Waals surface area contributed by atoms with Gasteiger partial charge in [0.15, 0.2) is 18.1 Å². The first kappa shape index (κ1) is 22.5. The van der Waals surface area contributed by atoms with Gasteiger partial charge in [-0.1, -0.05) is 6.07 Å². The van der Waals surface area contributed by atoms with E-state index in [9.17, 15) is 9.59 Å². The zero-order valence-corrected chi connectivity index (χ0v) is 18.7. The second kappa shape index (κ2) is 9.73. The fraction of sp³-hybridized carbons (Fsp3) is 0.417. The number of aryl methyl sites for hydroxylation is 2. The topological polar surface area (TPSA) is 74.3 Å². The number of carbonyl (C=O) groups is 2. The highest BCUT2D eigenvalue weighted by atomic mass is 16.5. The number of hydrogen-bond donors (Lipinski definition) is 0. The molecule has 3 rings (SSSR count). The molecule has 1 atom stereocenters. The fourth-order valence-electron chi connectivity index (χ4n) is 4.03. The van der Waals surface area contributed by atoms with Crippen molar-refractivity contribution < 1.29 is 28.5 Å². The monoisotopic (exact) mass is 427 g/mol. The molecule has 0 unspecified atom stereocenters. The van der Waals surface area contributed by atoms with Crippen LogP contribution in [0.15, 0.2) is 30.3 Å². The van der Waals surface area contributed by atoms with Gasteiger partial charge in [0.2, 0.25) is 0 Å². The first-order chi connectivity index (χ1) is 14.9. The van der Waals surface area contributed by atoms with Crippen LogP contribution in [0.25, 0.3) is 0 Å². The largest absolute Gasteiger partial charge is 0.493 e. The summed E-state index contributed by atoms with van der Waals surface area (Å²) in [6.07, 6.45) is 0.691. The van der Waals surface area contributed by atoms with E-state index in [1.807, 2.05) is 44.2 Å². The molecular formula is C24H29NO6. The maximum atomic E-state index is 13.1. The number of esters is 1. The van der Waals surface area contributed by atoms with Gasteiger partial charge in [-0.05, 0) is 66.8 Å². The third kappa shape index (κ3) is 5.10. The lowest BCUT2D eigenvalue weighted by Gasteiger charge is -2.37. The van der Waals surface area contributed by atoms with Gasteiger partial charge in [-0.15, -0.1) is 0 Å². The number of fused-ring (bicyclic) bond motifs is 1. The number of carbonyl (C=O) groups excluding carboxylic acids is 2. The third-order valence-corrected chi connectivity index (χ3v) is 5.47. The van der Waals surface area contributed by atoms with Crippen LogP contribution < -0.4 is 14.2 Å². The summed E-state index contributed by atoms with van der Waals surface area (Å²) in [7, 11) is 4.48. The molecule has 0 bridgehead atoms. The molecule has 0 N–H and O–H groups in total. The molecule has 1 aliphatic rings. The van der Waals surface area contributed by atoms with Crippen molar-refractivity contribution in [2.24, 2.45) is 0 Å². The van der Waals surface area contributed by atoms with Crippen molar-refractivity contribution in [1.82, 2.24) is 4.90 Å². The Morgan fingerprint density at radius 3 is 2.23 bits per heavy atom. The summed E-state index contributed by atoms with van der Waals surface area (Å²) in [5, 5.41) is 0. The highest BCUT2D eigenvalue weighted by Crippen LogP contribution is 2.39. The SMILES string of the molecule is COC(=O)C[C@H]1c2cc(OC)c(OC)cc2CCN1C(=O)COc1cc(C)cc(C)c1. The van der Waals surface area contributed by atoms with E-state index in [-0.39, 0.29) is 24.9 Å². The minimum absolute atomic E-state index is 0.0499. The quantitative estimate of drug-likeness (QED) is 0.631. The Kier molecular flexibility index (Phi) is 7.05. The third-order valence-electron chi connectivity index (χ3n) is 5.47. The summed E-state index contributed by atoms with van der Waals surface area (Å²) in [5.74, 6) is 1.25. The molecule has 2 aromatic rings. The van der Waals surface area contributed by atoms with E-state index in [2.05, 4.69) is 0 Å². The number of nitrogens with zero attached hydrogens (tertiary/aromatic N) is 1. The normalized spacial score (nSPS) is 15.1. The number of ether oxygens (including phenoxy) is 4. The van der Waals surface area contributed by atoms with Crippen molar-refractivity contribution in [3.8, 4) is 17.2 Å². The Morgan fingerprint density at radius 1 is 0.968 bits per heavy atom. The minimum Gasteiger partial charge on any atom is -0.493 e. The highest BCUT2D eigenvalue weighted by Gasteiger charge is 2.34. The Hall–Kier alpha value is -3.22. The van der Waals surface area contributed by atoms with Crippen LogP contribution in [-0.2, 0) is 20.7 Å². The molecule has 166 valence electrons. The average Bonchev–Trinajstić information content (AvgIpc) is 2.75. The molecule has 31 heavy (non-hydrogen) atoms. The van der Waals surface area contributed by atoms with Crippen molar-refractivity contribution in [1.29, 1.82) is 0 Å². The van der Waals surface area contributed by atoms with Crippen LogP contribution in [0.2, 0.25) is 0 Å². The van der Waals surface area contributed by atoms with Crippen molar-refractivity contribution in [3.05, 3.63) is 52.6 Å². The second-order valence-electron chi connectivity index (χ2n) is 7.65. The maximum absolute atomic E-state index is 13.1. The van der Waals surface area contributed by atoms with E-state index < -0.39 is 6.04 Å². The Bertz CT molecular complexity index is 951. The summed E-state index contributed by atoms with van der Waals surface area (Å²) in [6.45, 7) is 4.33. The fourth-order valence-corrected chi connectivity index (χ4v) is 4.03. The van der Waals surface area contributed by atoms with Gasteiger partial charge in [-0.25, -0.2) is 0 Å². The lowest BCUT2D eigenvalue weighted by Crippen LogP contribution is -2.43. The van der Waals surface area contributed by atoms with E-state index in [0.29, 0.717) is 30.2 Å². The highest BCUT2D eigenvalue weighted by molar-refractivity contribution is 5.80. The maximum Gasteiger partial charge on any atom is 0.307 e. The zero-order chi connectivity index (χ0) is 22.5. The molecule has 0 aromatic heterocycles. The Labute approximate surface area is 182 Å². The zero-order valence-electron chi connectivity index (χ0n) is 18.7. The molecule has 7 heteroatoms. The van der Waals surface area contributed by atoms with E-state index in [0.717, 1.165) is 22.3 Å². The van der Waals surface area contributed by atoms with Crippen LogP contribution in [0.5, 0.6) is 17.2 Å². The number of hydrogen-bond acceptors (Lipinski definition) is 6. The van der Waals surface area contributed by atoms with Crippen LogP contribution in [0, 0.1) is 13.8 Å². The van der Waals surface area contributed by atoms with Gasteiger partial charge in [-0.3, -0.25) is 9.59 Å². The van der Waals surface area contributed by atoms with Crippen LogP contribution in [0.1, 0.15) is 34.7 Å². The van der Waals surface area contributed by atoms with E-state index in [1.54, 1.807) is 19.1 Å². The summed E-state index contributed by atoms with van der Waals surface area (Å²) in [5.41, 5.74) is 4.01. The predicted molar refractivity (Wildman–Crippen MR) is 116 cm³/mol. The van der Waals surface area contributed by atoms with Crippen molar-refractivity contribution >= 4 is 11.9 Å². The number of rotatable bonds is 7. The van der Waals surface area contributed by atoms with Crippen molar-refractivity contribution in [3.63, 3.8) is 0 Å². The lowest BCUT2D eigenvalue weighted by atomic mass is 9.90. The molecule has 0 fully saturated rings. The van der Waals surface area contributed by atoms with Crippen LogP contribution in [0.3, 0.4) is 0 Å². The standard InChI is InChI=1S/C24H29NO6/c1-15-8-16(2)10-18(9-15)31-14-23(26)25-7-6-17-11-21(28-3)22(29-4)12-19(17)20(25)13-24(27)30-5/h8-12,20H,6-7,13-14H2,1-5H3/t20-/m0/s1. The van der Waals surface area contributed by atoms with Gasteiger partial charge >= 0.3 is 5.97 Å². The molecule has 1 heterocycles. The number of amides is 1. The van der Waals surface area contributed by atoms with Crippen LogP contribution in [0.4, 0.5) is 0 Å². The molecule has 0 saturated carbocycles. The van der Waals surface area contributed by atoms with Crippen molar-refractivity contribution in [2.45, 2.75) is 32.7 Å². The van der Waals surface area contributed by atoms with Gasteiger partial charge in [0.05, 0.1) is 33.8 Å². The first-order valence-corrected chi connectivity index (χ1v) is 10.2. The molecule has 0 saturated heterocycles. The summed E-state index contributed by atoms with van der Waals surface area (Å²) >= 11 is 0. The predicted octanol–water partition coefficient (Wildman–Crippen LogP) is 3.39. The second-order valence-corrected chi connectivity index (χ2v) is 7.65. The molecule has 2 aromatic carbocycles. The molecule has 0 spiro atoms. The smallest absolute Gasteiger partial charge is 0.307 e. The first-order valence-electron chi connectivity index (χ1n) is 10.2. The van der Waals surface area contributed by atoms with E-state index in [1.165, 1.54) is 7.11 Å². The number of benzene rings is 2. The average molecular weight is 427 g/mol. The molecular weight excluding hydrogens is 398 g/mol. The van der Waals surface area contributed by atoms with Gasteiger partial charge in [-0.2, -0.15) is 0 Å². The van der Waals surface area contributed by atoms with E-state index >= 15 is 0 Å². The summed E-state index contributed by atoms with van der Waals surface area (Å²) < 4.78 is 21.5. The van der Waals surface area contributed by atoms with E-state index in [4.69, 9.17) is 18.9 Å². The van der Waals surface area contributed by atoms with Crippen LogP contribution in [-0.4, -0.2) is 51.3 Å². The summed E-state index contributed by atoms with van der Waals surface area (Å²) in [4.78, 5) is 26.9. The minimum atomic E-state index is -0.466. The molecule has 0 radical (unpaired) electrons. The van der Waals surface area contributed by atoms with Crippen LogP contribution >= 0.6 is 0 Å². The van der Waals surface area contributed by atoms with Gasteiger partial charge in [0, 0.05) is 6.54 Å². The van der Waals surface area contributed by atoms with Gasteiger partial charge < -0.3 is 23.8 Å². The summed E-state index contributed by atoms with van der Waals surface area (Å²) in [6, 6.07) is 9.12. The molecule has 7 nitrogen and oxygen atoms in total. The Morgan fingerprint density at radius 2 is 1.61 bits per heavy atom. The number of methoxy groups -OCH3 is 3. The molecule has 1 aliphatic heterocycles. The Balaban J connectivity index is 1.86. The molecule has 0 aliphatic carbocycles. The van der Waals surface area contributed by atoms with Gasteiger partial charge in [0.25, 0.3) is 5.91 Å².